The number of allylic oxidation sites excluding steroid dienone is 6. The summed E-state index contributed by atoms with van der Waals surface area (Å²) < 4.78 is 0. The lowest BCUT2D eigenvalue weighted by Gasteiger charge is -2.32. The van der Waals surface area contributed by atoms with E-state index in [0.717, 1.165) is 38.8 Å². The van der Waals surface area contributed by atoms with Crippen LogP contribution in [0.25, 0.3) is 0 Å². The van der Waals surface area contributed by atoms with Crippen LogP contribution >= 0.6 is 0 Å². The van der Waals surface area contributed by atoms with Gasteiger partial charge in [-0.1, -0.05) is 36.5 Å². The zero-order valence-corrected chi connectivity index (χ0v) is 13.6. The van der Waals surface area contributed by atoms with Gasteiger partial charge in [0.05, 0.1) is 12.6 Å². The second kappa shape index (κ2) is 7.75. The summed E-state index contributed by atoms with van der Waals surface area (Å²) in [5.74, 6) is 0.536. The third kappa shape index (κ3) is 4.01. The van der Waals surface area contributed by atoms with Gasteiger partial charge in [-0.3, -0.25) is 10.1 Å². The summed E-state index contributed by atoms with van der Waals surface area (Å²) in [6.07, 6.45) is 16.6. The van der Waals surface area contributed by atoms with Crippen molar-refractivity contribution in [1.82, 2.24) is 10.2 Å². The van der Waals surface area contributed by atoms with Crippen molar-refractivity contribution in [3.8, 4) is 0 Å². The molecule has 0 aromatic rings. The van der Waals surface area contributed by atoms with E-state index in [9.17, 15) is 9.90 Å². The van der Waals surface area contributed by atoms with E-state index in [4.69, 9.17) is 0 Å². The van der Waals surface area contributed by atoms with E-state index in [1.54, 1.807) is 0 Å². The summed E-state index contributed by atoms with van der Waals surface area (Å²) in [4.78, 5) is 14.4. The first-order valence-corrected chi connectivity index (χ1v) is 8.61. The fourth-order valence-corrected chi connectivity index (χ4v) is 3.52. The lowest BCUT2D eigenvalue weighted by molar-refractivity contribution is -0.131. The molecule has 3 aliphatic rings. The summed E-state index contributed by atoms with van der Waals surface area (Å²) in [7, 11) is 0. The van der Waals surface area contributed by atoms with Crippen molar-refractivity contribution in [2.24, 2.45) is 5.92 Å². The number of aliphatic hydroxyl groups excluding tert-OH is 1. The van der Waals surface area contributed by atoms with Crippen molar-refractivity contribution < 1.29 is 9.90 Å². The topological polar surface area (TPSA) is 52.6 Å². The number of amides is 1. The monoisotopic (exact) mass is 314 g/mol. The molecule has 0 saturated carbocycles. The first kappa shape index (κ1) is 16.2. The quantitative estimate of drug-likeness (QED) is 0.788. The minimum atomic E-state index is 0.166. The SMILES string of the molecule is O=C(CNC(C1=CC=CC1)C1=CC=CC1)N1CCC(CO)CC1. The van der Waals surface area contributed by atoms with Crippen LogP contribution in [0.4, 0.5) is 0 Å². The number of carbonyl (C=O) groups excluding carboxylic acids is 1. The fraction of sp³-hybridized carbons (Fsp3) is 0.526. The second-order valence-electron chi connectivity index (χ2n) is 6.57. The third-order valence-corrected chi connectivity index (χ3v) is 5.02. The predicted octanol–water partition coefficient (Wildman–Crippen LogP) is 1.95. The number of piperidine rings is 1. The Morgan fingerprint density at radius 2 is 1.78 bits per heavy atom. The number of hydrogen-bond acceptors (Lipinski definition) is 3. The molecule has 3 rings (SSSR count). The number of hydrogen-bond donors (Lipinski definition) is 2. The number of likely N-dealkylation sites (tertiary alicyclic amines) is 1. The largest absolute Gasteiger partial charge is 0.396 e. The van der Waals surface area contributed by atoms with E-state index in [-0.39, 0.29) is 18.6 Å². The molecule has 0 atom stereocenters. The zero-order valence-electron chi connectivity index (χ0n) is 13.6. The van der Waals surface area contributed by atoms with E-state index in [1.165, 1.54) is 11.1 Å². The second-order valence-corrected chi connectivity index (χ2v) is 6.57. The van der Waals surface area contributed by atoms with Gasteiger partial charge in [0.15, 0.2) is 0 Å². The van der Waals surface area contributed by atoms with Gasteiger partial charge in [0.1, 0.15) is 0 Å². The lowest BCUT2D eigenvalue weighted by atomic mass is 9.96. The molecule has 1 heterocycles. The van der Waals surface area contributed by atoms with Crippen LogP contribution in [0.3, 0.4) is 0 Å². The van der Waals surface area contributed by atoms with Crippen LogP contribution in [0.5, 0.6) is 0 Å². The molecule has 0 aromatic heterocycles. The molecule has 2 aliphatic carbocycles. The highest BCUT2D eigenvalue weighted by atomic mass is 16.3. The molecule has 1 fully saturated rings. The van der Waals surface area contributed by atoms with Crippen molar-refractivity contribution in [3.63, 3.8) is 0 Å². The van der Waals surface area contributed by atoms with Gasteiger partial charge in [0, 0.05) is 19.7 Å². The van der Waals surface area contributed by atoms with Gasteiger partial charge in [-0.2, -0.15) is 0 Å². The van der Waals surface area contributed by atoms with E-state index < -0.39 is 0 Å². The van der Waals surface area contributed by atoms with Crippen LogP contribution < -0.4 is 5.32 Å². The highest BCUT2D eigenvalue weighted by molar-refractivity contribution is 5.78. The molecule has 1 amide bonds. The van der Waals surface area contributed by atoms with Gasteiger partial charge in [-0.05, 0) is 42.7 Å². The molecule has 0 aromatic carbocycles. The molecule has 124 valence electrons. The Morgan fingerprint density at radius 1 is 1.17 bits per heavy atom. The Bertz CT molecular complexity index is 522. The van der Waals surface area contributed by atoms with Crippen LogP contribution in [0.1, 0.15) is 25.7 Å². The molecular weight excluding hydrogens is 288 g/mol. The summed E-state index contributed by atoms with van der Waals surface area (Å²) in [6, 6.07) is 0.166. The van der Waals surface area contributed by atoms with Gasteiger partial charge in [-0.15, -0.1) is 0 Å². The molecule has 1 aliphatic heterocycles. The fourth-order valence-electron chi connectivity index (χ4n) is 3.52. The first-order valence-electron chi connectivity index (χ1n) is 8.61. The van der Waals surface area contributed by atoms with E-state index in [2.05, 4.69) is 41.8 Å². The van der Waals surface area contributed by atoms with Crippen molar-refractivity contribution in [3.05, 3.63) is 47.6 Å². The molecule has 0 unspecified atom stereocenters. The van der Waals surface area contributed by atoms with Crippen LogP contribution in [0.15, 0.2) is 47.6 Å². The molecular formula is C19H26N2O2. The molecule has 0 bridgehead atoms. The van der Waals surface area contributed by atoms with Gasteiger partial charge in [-0.25, -0.2) is 0 Å². The Morgan fingerprint density at radius 3 is 2.26 bits per heavy atom. The van der Waals surface area contributed by atoms with Crippen LogP contribution in [-0.4, -0.2) is 48.2 Å². The molecule has 4 nitrogen and oxygen atoms in total. The maximum Gasteiger partial charge on any atom is 0.236 e. The Labute approximate surface area is 138 Å². The van der Waals surface area contributed by atoms with Gasteiger partial charge < -0.3 is 10.0 Å². The molecule has 23 heavy (non-hydrogen) atoms. The Kier molecular flexibility index (Phi) is 5.47. The Balaban J connectivity index is 1.53. The van der Waals surface area contributed by atoms with Crippen molar-refractivity contribution in [2.45, 2.75) is 31.7 Å². The summed E-state index contributed by atoms with van der Waals surface area (Å²) in [6.45, 7) is 2.16. The number of nitrogens with one attached hydrogen (secondary N) is 1. The smallest absolute Gasteiger partial charge is 0.236 e. The van der Waals surface area contributed by atoms with Gasteiger partial charge >= 0.3 is 0 Å². The minimum Gasteiger partial charge on any atom is -0.396 e. The summed E-state index contributed by atoms with van der Waals surface area (Å²) in [5.41, 5.74) is 2.68. The number of aliphatic hydroxyl groups is 1. The number of carbonyl (C=O) groups is 1. The van der Waals surface area contributed by atoms with Gasteiger partial charge in [0.25, 0.3) is 0 Å². The molecule has 0 spiro atoms. The van der Waals surface area contributed by atoms with E-state index in [1.807, 2.05) is 4.90 Å². The predicted molar refractivity (Wildman–Crippen MR) is 91.9 cm³/mol. The molecule has 2 N–H and O–H groups in total. The van der Waals surface area contributed by atoms with Crippen molar-refractivity contribution in [1.29, 1.82) is 0 Å². The minimum absolute atomic E-state index is 0.166. The maximum absolute atomic E-state index is 12.5. The Hall–Kier alpha value is -1.65. The number of rotatable bonds is 6. The first-order chi connectivity index (χ1) is 11.3. The van der Waals surface area contributed by atoms with Crippen LogP contribution in [-0.2, 0) is 4.79 Å². The average molecular weight is 314 g/mol. The van der Waals surface area contributed by atoms with Crippen molar-refractivity contribution in [2.75, 3.05) is 26.2 Å². The van der Waals surface area contributed by atoms with E-state index >= 15 is 0 Å². The zero-order chi connectivity index (χ0) is 16.1. The molecule has 1 saturated heterocycles. The molecule has 0 radical (unpaired) electrons. The standard InChI is InChI=1S/C19H26N2O2/c22-14-15-9-11-21(12-10-15)18(23)13-20-19(16-5-1-2-6-16)17-7-3-4-8-17/h1-5,7,15,19-20,22H,6,8-14H2. The highest BCUT2D eigenvalue weighted by Crippen LogP contribution is 2.25. The lowest BCUT2D eigenvalue weighted by Crippen LogP contribution is -2.46. The third-order valence-electron chi connectivity index (χ3n) is 5.02. The average Bonchev–Trinajstić information content (AvgIpc) is 3.29. The van der Waals surface area contributed by atoms with Crippen LogP contribution in [0.2, 0.25) is 0 Å². The van der Waals surface area contributed by atoms with E-state index in [0.29, 0.717) is 12.5 Å². The summed E-state index contributed by atoms with van der Waals surface area (Å²) in [5, 5.41) is 12.7. The summed E-state index contributed by atoms with van der Waals surface area (Å²) >= 11 is 0. The molecule has 4 heteroatoms. The van der Waals surface area contributed by atoms with Crippen LogP contribution in [0, 0.1) is 5.92 Å². The maximum atomic E-state index is 12.5. The normalized spacial score (nSPS) is 21.2. The van der Waals surface area contributed by atoms with Gasteiger partial charge in [0.2, 0.25) is 5.91 Å². The highest BCUT2D eigenvalue weighted by Gasteiger charge is 2.24. The number of nitrogens with zero attached hydrogens (tertiary/aromatic N) is 1. The van der Waals surface area contributed by atoms with Crippen molar-refractivity contribution >= 4 is 5.91 Å².